The highest BCUT2D eigenvalue weighted by molar-refractivity contribution is 9.10. The summed E-state index contributed by atoms with van der Waals surface area (Å²) in [7, 11) is 1.30. The minimum Gasteiger partial charge on any atom is -0.453 e. The highest BCUT2D eigenvalue weighted by Gasteiger charge is 2.36. The van der Waals surface area contributed by atoms with E-state index in [0.29, 0.717) is 30.9 Å². The van der Waals surface area contributed by atoms with Gasteiger partial charge >= 0.3 is 6.09 Å². The largest absolute Gasteiger partial charge is 0.453 e. The van der Waals surface area contributed by atoms with Crippen LogP contribution < -0.4 is 5.32 Å². The van der Waals surface area contributed by atoms with Gasteiger partial charge in [0.25, 0.3) is 0 Å². The Bertz CT molecular complexity index is 902. The fraction of sp³-hybridized carbons (Fsp3) is 0.476. The number of hydrogen-bond donors (Lipinski definition) is 2. The van der Waals surface area contributed by atoms with E-state index in [1.807, 2.05) is 19.1 Å². The number of aromatic amines is 1. The molecule has 3 atom stereocenters. The van der Waals surface area contributed by atoms with Crippen LogP contribution in [-0.2, 0) is 9.53 Å². The molecule has 162 valence electrons. The second kappa shape index (κ2) is 9.59. The molecule has 0 unspecified atom stereocenters. The number of imidazole rings is 1. The molecule has 3 rings (SSSR count). The molecule has 2 heterocycles. The lowest BCUT2D eigenvalue weighted by Crippen LogP contribution is -2.35. The van der Waals surface area contributed by atoms with Gasteiger partial charge in [-0.05, 0) is 30.4 Å². The molecule has 30 heavy (non-hydrogen) atoms. The number of benzene rings is 1. The monoisotopic (exact) mass is 480 g/mol. The molecule has 1 saturated heterocycles. The van der Waals surface area contributed by atoms with E-state index >= 15 is 0 Å². The van der Waals surface area contributed by atoms with Gasteiger partial charge in [-0.1, -0.05) is 41.9 Å². The van der Waals surface area contributed by atoms with Crippen LogP contribution in [0, 0.1) is 17.8 Å². The Morgan fingerprint density at radius 2 is 2.10 bits per heavy atom. The van der Waals surface area contributed by atoms with Crippen LogP contribution in [0.15, 0.2) is 28.7 Å². The Morgan fingerprint density at radius 1 is 1.40 bits per heavy atom. The molecule has 0 spiro atoms. The van der Waals surface area contributed by atoms with Crippen molar-refractivity contribution in [3.63, 3.8) is 0 Å². The second-order valence-corrected chi connectivity index (χ2v) is 8.79. The maximum atomic E-state index is 14.6. The van der Waals surface area contributed by atoms with Crippen molar-refractivity contribution in [3.05, 3.63) is 40.5 Å². The van der Waals surface area contributed by atoms with Gasteiger partial charge in [0, 0.05) is 29.5 Å². The number of nitrogens with zero attached hydrogens (tertiary/aromatic N) is 2. The Kier molecular flexibility index (Phi) is 7.12. The number of carbonyl (C=O) groups excluding carboxylic acids is 2. The van der Waals surface area contributed by atoms with Crippen LogP contribution in [-0.4, -0.2) is 47.1 Å². The fourth-order valence-electron chi connectivity index (χ4n) is 3.72. The van der Waals surface area contributed by atoms with E-state index in [0.717, 1.165) is 4.47 Å². The Labute approximate surface area is 183 Å². The fourth-order valence-corrected chi connectivity index (χ4v) is 3.99. The van der Waals surface area contributed by atoms with E-state index in [-0.39, 0.29) is 35.9 Å². The molecule has 1 aliphatic rings. The average Bonchev–Trinajstić information content (AvgIpc) is 3.29. The van der Waals surface area contributed by atoms with Gasteiger partial charge in [-0.3, -0.25) is 4.79 Å². The summed E-state index contributed by atoms with van der Waals surface area (Å²) in [4.78, 5) is 33.2. The van der Waals surface area contributed by atoms with Crippen molar-refractivity contribution in [2.75, 3.05) is 20.2 Å². The first-order valence-electron chi connectivity index (χ1n) is 9.91. The molecule has 7 nitrogen and oxygen atoms in total. The predicted molar refractivity (Wildman–Crippen MR) is 114 cm³/mol. The molecule has 0 bridgehead atoms. The van der Waals surface area contributed by atoms with Crippen molar-refractivity contribution in [2.24, 2.45) is 11.8 Å². The summed E-state index contributed by atoms with van der Waals surface area (Å²) in [5.41, 5.74) is 0.921. The van der Waals surface area contributed by atoms with Gasteiger partial charge < -0.3 is 19.9 Å². The standard InChI is InChI=1S/C21H26BrFN4O3/c1-12(10-24-21(29)30-3)9-17(28)27-11-13(2)8-16(27)20-25-18(19(23)26-20)14-4-6-15(22)7-5-14/h4-7,12-13,16H,8-11H2,1-3H3,(H,24,29)(H,25,26)/t12-,13-,16-/m0/s1. The number of likely N-dealkylation sites (tertiary alicyclic amines) is 1. The van der Waals surface area contributed by atoms with Crippen LogP contribution in [0.4, 0.5) is 9.18 Å². The van der Waals surface area contributed by atoms with Crippen LogP contribution in [0.2, 0.25) is 0 Å². The third-order valence-corrected chi connectivity index (χ3v) is 5.77. The molecule has 2 N–H and O–H groups in total. The Morgan fingerprint density at radius 3 is 2.77 bits per heavy atom. The summed E-state index contributed by atoms with van der Waals surface area (Å²) in [5.74, 6) is 0.149. The third kappa shape index (κ3) is 5.19. The maximum absolute atomic E-state index is 14.6. The summed E-state index contributed by atoms with van der Waals surface area (Å²) in [6.07, 6.45) is 0.469. The van der Waals surface area contributed by atoms with E-state index in [9.17, 15) is 14.0 Å². The zero-order valence-electron chi connectivity index (χ0n) is 17.2. The number of rotatable bonds is 6. The highest BCUT2D eigenvalue weighted by atomic mass is 79.9. The molecule has 0 aliphatic carbocycles. The van der Waals surface area contributed by atoms with E-state index in [4.69, 9.17) is 0 Å². The summed E-state index contributed by atoms with van der Waals surface area (Å²) in [6.45, 7) is 4.89. The average molecular weight is 481 g/mol. The lowest BCUT2D eigenvalue weighted by molar-refractivity contribution is -0.133. The molecule has 1 fully saturated rings. The van der Waals surface area contributed by atoms with E-state index in [1.165, 1.54) is 7.11 Å². The van der Waals surface area contributed by atoms with Crippen molar-refractivity contribution in [1.82, 2.24) is 20.2 Å². The number of hydrogen-bond acceptors (Lipinski definition) is 4. The van der Waals surface area contributed by atoms with Gasteiger partial charge in [0.05, 0.1) is 13.2 Å². The molecule has 1 aromatic carbocycles. The SMILES string of the molecule is COC(=O)NC[C@@H](C)CC(=O)N1C[C@@H](C)C[C@H]1c1nc(-c2ccc(Br)cc2)c(F)[nH]1. The van der Waals surface area contributed by atoms with Gasteiger partial charge in [0.2, 0.25) is 11.9 Å². The summed E-state index contributed by atoms with van der Waals surface area (Å²) in [6, 6.07) is 6.96. The number of ether oxygens (including phenoxy) is 1. The Hall–Kier alpha value is -2.42. The van der Waals surface area contributed by atoms with Gasteiger partial charge in [-0.15, -0.1) is 0 Å². The molecular formula is C21H26BrFN4O3. The van der Waals surface area contributed by atoms with Gasteiger partial charge in [-0.2, -0.15) is 4.39 Å². The van der Waals surface area contributed by atoms with Gasteiger partial charge in [-0.25, -0.2) is 9.78 Å². The molecule has 0 saturated carbocycles. The summed E-state index contributed by atoms with van der Waals surface area (Å²) in [5, 5.41) is 2.61. The number of aromatic nitrogens is 2. The number of halogens is 2. The van der Waals surface area contributed by atoms with Crippen LogP contribution in [0.5, 0.6) is 0 Å². The molecule has 9 heteroatoms. The summed E-state index contributed by atoms with van der Waals surface area (Å²) >= 11 is 3.37. The summed E-state index contributed by atoms with van der Waals surface area (Å²) < 4.78 is 20.1. The van der Waals surface area contributed by atoms with Gasteiger partial charge in [0.15, 0.2) is 0 Å². The smallest absolute Gasteiger partial charge is 0.406 e. The number of carbonyl (C=O) groups is 2. The molecule has 2 amide bonds. The minimum atomic E-state index is -0.520. The van der Waals surface area contributed by atoms with E-state index in [1.54, 1.807) is 17.0 Å². The van der Waals surface area contributed by atoms with Crippen molar-refractivity contribution >= 4 is 27.9 Å². The zero-order valence-corrected chi connectivity index (χ0v) is 18.8. The van der Waals surface area contributed by atoms with Gasteiger partial charge in [0.1, 0.15) is 11.5 Å². The number of alkyl carbamates (subject to hydrolysis) is 1. The van der Waals surface area contributed by atoms with Crippen molar-refractivity contribution in [1.29, 1.82) is 0 Å². The van der Waals surface area contributed by atoms with Crippen molar-refractivity contribution < 1.29 is 18.7 Å². The number of nitrogens with one attached hydrogen (secondary N) is 2. The van der Waals surface area contributed by atoms with Crippen LogP contribution in [0.1, 0.15) is 38.6 Å². The minimum absolute atomic E-state index is 0.0366. The molecule has 2 aromatic rings. The lowest BCUT2D eigenvalue weighted by atomic mass is 10.1. The topological polar surface area (TPSA) is 87.3 Å². The molecule has 1 aromatic heterocycles. The van der Waals surface area contributed by atoms with Crippen molar-refractivity contribution in [2.45, 2.75) is 32.7 Å². The molecular weight excluding hydrogens is 455 g/mol. The first-order chi connectivity index (χ1) is 14.3. The van der Waals surface area contributed by atoms with Crippen LogP contribution in [0.25, 0.3) is 11.3 Å². The first-order valence-corrected chi connectivity index (χ1v) is 10.7. The van der Waals surface area contributed by atoms with E-state index in [2.05, 4.69) is 42.9 Å². The molecule has 1 aliphatic heterocycles. The second-order valence-electron chi connectivity index (χ2n) is 7.88. The normalized spacial score (nSPS) is 19.6. The number of H-pyrrole nitrogens is 1. The predicted octanol–water partition coefficient (Wildman–Crippen LogP) is 4.27. The molecule has 0 radical (unpaired) electrons. The maximum Gasteiger partial charge on any atom is 0.406 e. The first kappa shape index (κ1) is 22.3. The quantitative estimate of drug-likeness (QED) is 0.645. The Balaban J connectivity index is 1.73. The van der Waals surface area contributed by atoms with Crippen LogP contribution >= 0.6 is 15.9 Å². The zero-order chi connectivity index (χ0) is 21.8. The highest BCUT2D eigenvalue weighted by Crippen LogP contribution is 2.36. The third-order valence-electron chi connectivity index (χ3n) is 5.25. The van der Waals surface area contributed by atoms with Crippen LogP contribution in [0.3, 0.4) is 0 Å². The number of methoxy groups -OCH3 is 1. The number of amides is 2. The lowest BCUT2D eigenvalue weighted by Gasteiger charge is -2.24. The van der Waals surface area contributed by atoms with Crippen molar-refractivity contribution in [3.8, 4) is 11.3 Å². The van der Waals surface area contributed by atoms with E-state index < -0.39 is 12.0 Å².